The molecule has 0 amide bonds. The second kappa shape index (κ2) is 4.49. The van der Waals surface area contributed by atoms with E-state index in [0.717, 1.165) is 11.3 Å². The molecule has 1 aliphatic heterocycles. The van der Waals surface area contributed by atoms with Crippen LogP contribution in [0.3, 0.4) is 0 Å². The summed E-state index contributed by atoms with van der Waals surface area (Å²) in [4.78, 5) is 4.33. The van der Waals surface area contributed by atoms with Gasteiger partial charge in [-0.25, -0.2) is 4.39 Å². The van der Waals surface area contributed by atoms with Crippen molar-refractivity contribution in [3.05, 3.63) is 59.9 Å². The number of halogens is 1. The van der Waals surface area contributed by atoms with E-state index in [0.29, 0.717) is 18.3 Å². The van der Waals surface area contributed by atoms with Crippen molar-refractivity contribution < 1.29 is 9.13 Å². The van der Waals surface area contributed by atoms with Crippen LogP contribution in [0.2, 0.25) is 0 Å². The first kappa shape index (κ1) is 10.8. The molecule has 1 N–H and O–H groups in total. The van der Waals surface area contributed by atoms with Gasteiger partial charge in [0, 0.05) is 11.3 Å². The minimum absolute atomic E-state index is 0.295. The second-order valence-electron chi connectivity index (χ2n) is 3.97. The number of anilines is 1. The fourth-order valence-corrected chi connectivity index (χ4v) is 1.78. The predicted molar refractivity (Wildman–Crippen MR) is 68.3 cm³/mol. The van der Waals surface area contributed by atoms with Crippen LogP contribution in [0.15, 0.2) is 53.5 Å². The lowest BCUT2D eigenvalue weighted by molar-refractivity contribution is 0.286. The summed E-state index contributed by atoms with van der Waals surface area (Å²) in [5, 5.41) is 2.95. The van der Waals surface area contributed by atoms with Crippen molar-refractivity contribution in [2.45, 2.75) is 6.61 Å². The third kappa shape index (κ3) is 2.18. The Morgan fingerprint density at radius 3 is 2.89 bits per heavy atom. The van der Waals surface area contributed by atoms with Gasteiger partial charge in [0.2, 0.25) is 0 Å². The van der Waals surface area contributed by atoms with Crippen molar-refractivity contribution in [3.8, 4) is 0 Å². The number of nitrogens with one attached hydrogen (secondary N) is 1. The number of hydrogen-bond acceptors (Lipinski definition) is 3. The third-order valence-corrected chi connectivity index (χ3v) is 2.65. The van der Waals surface area contributed by atoms with Gasteiger partial charge in [-0.3, -0.25) is 0 Å². The Hall–Kier alpha value is -2.36. The maximum atomic E-state index is 13.0. The van der Waals surface area contributed by atoms with Crippen LogP contribution in [-0.4, -0.2) is 6.02 Å². The van der Waals surface area contributed by atoms with Crippen molar-refractivity contribution in [2.24, 2.45) is 4.99 Å². The molecule has 0 saturated heterocycles. The van der Waals surface area contributed by atoms with Crippen LogP contribution in [0.25, 0.3) is 0 Å². The molecule has 1 aliphatic rings. The maximum absolute atomic E-state index is 13.0. The number of amidine groups is 1. The monoisotopic (exact) mass is 242 g/mol. The van der Waals surface area contributed by atoms with E-state index in [1.54, 1.807) is 12.1 Å². The molecule has 0 radical (unpaired) electrons. The Balaban J connectivity index is 1.85. The maximum Gasteiger partial charge on any atom is 0.294 e. The van der Waals surface area contributed by atoms with Crippen LogP contribution in [-0.2, 0) is 11.3 Å². The molecular weight excluding hydrogens is 231 g/mol. The van der Waals surface area contributed by atoms with E-state index in [2.05, 4.69) is 10.3 Å². The molecule has 0 aliphatic carbocycles. The first-order valence-electron chi connectivity index (χ1n) is 5.63. The summed E-state index contributed by atoms with van der Waals surface area (Å²) < 4.78 is 18.5. The Labute approximate surface area is 104 Å². The summed E-state index contributed by atoms with van der Waals surface area (Å²) in [5.74, 6) is -0.295. The number of aliphatic imine (C=N–C) groups is 1. The van der Waals surface area contributed by atoms with Gasteiger partial charge in [-0.2, -0.15) is 4.99 Å². The zero-order valence-electron chi connectivity index (χ0n) is 9.56. The van der Waals surface area contributed by atoms with Crippen molar-refractivity contribution in [2.75, 3.05) is 5.32 Å². The molecule has 3 rings (SSSR count). The number of para-hydroxylation sites is 1. The van der Waals surface area contributed by atoms with Gasteiger partial charge in [-0.05, 0) is 24.3 Å². The van der Waals surface area contributed by atoms with E-state index in [1.165, 1.54) is 12.1 Å². The van der Waals surface area contributed by atoms with Gasteiger partial charge < -0.3 is 10.1 Å². The van der Waals surface area contributed by atoms with Gasteiger partial charge in [0.25, 0.3) is 6.02 Å². The second-order valence-corrected chi connectivity index (χ2v) is 3.97. The zero-order valence-corrected chi connectivity index (χ0v) is 9.56. The standard InChI is InChI=1S/C14H11FN2O/c15-11-5-3-6-12(8-11)16-14-17-13-7-2-1-4-10(13)9-18-14/h1-8H,9H2,(H,16,17). The van der Waals surface area contributed by atoms with E-state index >= 15 is 0 Å². The van der Waals surface area contributed by atoms with Crippen LogP contribution in [0.1, 0.15) is 5.56 Å². The highest BCUT2D eigenvalue weighted by atomic mass is 19.1. The largest absolute Gasteiger partial charge is 0.460 e. The Bertz CT molecular complexity index is 610. The van der Waals surface area contributed by atoms with Crippen LogP contribution in [0.4, 0.5) is 15.8 Å². The van der Waals surface area contributed by atoms with E-state index in [9.17, 15) is 4.39 Å². The number of hydrogen-bond donors (Lipinski definition) is 1. The van der Waals surface area contributed by atoms with Crippen LogP contribution < -0.4 is 5.32 Å². The molecule has 0 bridgehead atoms. The van der Waals surface area contributed by atoms with Gasteiger partial charge in [0.05, 0.1) is 5.69 Å². The molecule has 0 saturated carbocycles. The molecular formula is C14H11FN2O. The number of fused-ring (bicyclic) bond motifs is 1. The van der Waals surface area contributed by atoms with Crippen molar-refractivity contribution in [3.63, 3.8) is 0 Å². The SMILES string of the molecule is Fc1cccc(NC2=Nc3ccccc3CO2)c1. The lowest BCUT2D eigenvalue weighted by Crippen LogP contribution is -2.18. The number of benzene rings is 2. The fraction of sp³-hybridized carbons (Fsp3) is 0.0714. The highest BCUT2D eigenvalue weighted by molar-refractivity contribution is 5.91. The summed E-state index contributed by atoms with van der Waals surface area (Å²) in [7, 11) is 0. The molecule has 0 aromatic heterocycles. The first-order valence-corrected chi connectivity index (χ1v) is 5.63. The van der Waals surface area contributed by atoms with E-state index in [4.69, 9.17) is 4.74 Å². The zero-order chi connectivity index (χ0) is 12.4. The molecule has 90 valence electrons. The number of rotatable bonds is 1. The van der Waals surface area contributed by atoms with Crippen molar-refractivity contribution in [1.82, 2.24) is 0 Å². The van der Waals surface area contributed by atoms with Gasteiger partial charge in [0.1, 0.15) is 12.4 Å². The summed E-state index contributed by atoms with van der Waals surface area (Å²) in [6, 6.07) is 14.3. The van der Waals surface area contributed by atoms with Crippen LogP contribution in [0, 0.1) is 5.82 Å². The molecule has 2 aromatic rings. The lowest BCUT2D eigenvalue weighted by atomic mass is 10.2. The minimum atomic E-state index is -0.295. The van der Waals surface area contributed by atoms with E-state index in [-0.39, 0.29) is 5.82 Å². The fourth-order valence-electron chi connectivity index (χ4n) is 1.78. The lowest BCUT2D eigenvalue weighted by Gasteiger charge is -2.17. The van der Waals surface area contributed by atoms with Gasteiger partial charge in [-0.1, -0.05) is 24.3 Å². The van der Waals surface area contributed by atoms with Gasteiger partial charge in [-0.15, -0.1) is 0 Å². The topological polar surface area (TPSA) is 33.6 Å². The number of nitrogens with zero attached hydrogens (tertiary/aromatic N) is 1. The predicted octanol–water partition coefficient (Wildman–Crippen LogP) is 3.46. The molecule has 0 fully saturated rings. The van der Waals surface area contributed by atoms with E-state index < -0.39 is 0 Å². The molecule has 2 aromatic carbocycles. The average molecular weight is 242 g/mol. The molecule has 4 heteroatoms. The summed E-state index contributed by atoms with van der Waals surface area (Å²) in [6.45, 7) is 0.470. The quantitative estimate of drug-likeness (QED) is 0.830. The molecule has 0 spiro atoms. The highest BCUT2D eigenvalue weighted by Crippen LogP contribution is 2.24. The normalized spacial score (nSPS) is 13.3. The Morgan fingerprint density at radius 1 is 1.11 bits per heavy atom. The molecule has 0 unspecified atom stereocenters. The minimum Gasteiger partial charge on any atom is -0.460 e. The highest BCUT2D eigenvalue weighted by Gasteiger charge is 2.12. The molecule has 0 atom stereocenters. The summed E-state index contributed by atoms with van der Waals surface area (Å²) >= 11 is 0. The Morgan fingerprint density at radius 2 is 2.00 bits per heavy atom. The summed E-state index contributed by atoms with van der Waals surface area (Å²) in [6.07, 6.45) is 0. The van der Waals surface area contributed by atoms with Crippen LogP contribution >= 0.6 is 0 Å². The summed E-state index contributed by atoms with van der Waals surface area (Å²) in [5.41, 5.74) is 2.54. The van der Waals surface area contributed by atoms with Crippen molar-refractivity contribution >= 4 is 17.4 Å². The van der Waals surface area contributed by atoms with Crippen LogP contribution in [0.5, 0.6) is 0 Å². The van der Waals surface area contributed by atoms with E-state index in [1.807, 2.05) is 24.3 Å². The first-order chi connectivity index (χ1) is 8.81. The molecule has 18 heavy (non-hydrogen) atoms. The third-order valence-electron chi connectivity index (χ3n) is 2.65. The smallest absolute Gasteiger partial charge is 0.294 e. The number of ether oxygens (including phenoxy) is 1. The van der Waals surface area contributed by atoms with Gasteiger partial charge in [0.15, 0.2) is 0 Å². The molecule has 3 nitrogen and oxygen atoms in total. The Kier molecular flexibility index (Phi) is 2.68. The molecule has 1 heterocycles. The average Bonchev–Trinajstić information content (AvgIpc) is 2.39. The van der Waals surface area contributed by atoms with Crippen molar-refractivity contribution in [1.29, 1.82) is 0 Å². The van der Waals surface area contributed by atoms with Gasteiger partial charge >= 0.3 is 0 Å².